The molecular weight excluding hydrogens is 464 g/mol. The number of nitrogens with zero attached hydrogens (tertiary/aromatic N) is 4. The van der Waals surface area contributed by atoms with Crippen molar-refractivity contribution in [1.82, 2.24) is 19.6 Å². The number of allylic oxidation sites excluding steroid dienone is 1. The standard InChI is InChI=1S/C8H15N.C8H13N.C7H13N.C7H11N.4CH4/c2*1-7-6-9-4-2-8(7)3-5-9;2*1-6-4-8-3-2-7(6)5-8;;;;/h7-8H,2-6H2,1H3;6,8H,2-5H2,1H3;6-7H,2-5H2,1H3;4,7H,2-3,5H2,1H3;4*1H4. The zero-order chi connectivity index (χ0) is 23.7. The SMILES string of the molecule is C.C.C.C.CC1=CN2CCC1C2.CC1=CN2CCC1CC2.CC1CN2CCC1C2.CC1CN2CCC1CC2. The molecule has 7 fully saturated rings. The maximum Gasteiger partial charge on any atom is 0.0239 e. The van der Waals surface area contributed by atoms with Gasteiger partial charge in [0.1, 0.15) is 0 Å². The van der Waals surface area contributed by atoms with Crippen LogP contribution in [-0.2, 0) is 0 Å². The second-order valence-corrected chi connectivity index (χ2v) is 12.9. The van der Waals surface area contributed by atoms with Gasteiger partial charge in [-0.25, -0.2) is 0 Å². The molecule has 38 heavy (non-hydrogen) atoms. The number of hydrogen-bond acceptors (Lipinski definition) is 4. The van der Waals surface area contributed by atoms with E-state index in [1.807, 2.05) is 0 Å². The second kappa shape index (κ2) is 15.7. The molecule has 0 N–H and O–H groups in total. The summed E-state index contributed by atoms with van der Waals surface area (Å²) in [5.41, 5.74) is 3.20. The highest BCUT2D eigenvalue weighted by atomic mass is 15.2. The topological polar surface area (TPSA) is 13.0 Å². The predicted molar refractivity (Wildman–Crippen MR) is 170 cm³/mol. The van der Waals surface area contributed by atoms with Crippen LogP contribution in [0.3, 0.4) is 0 Å². The van der Waals surface area contributed by atoms with Crippen molar-refractivity contribution in [2.45, 2.75) is 95.9 Å². The molecule has 0 radical (unpaired) electrons. The fourth-order valence-corrected chi connectivity index (χ4v) is 7.86. The highest BCUT2D eigenvalue weighted by molar-refractivity contribution is 5.14. The van der Waals surface area contributed by atoms with E-state index in [4.69, 9.17) is 0 Å². The van der Waals surface area contributed by atoms with E-state index in [9.17, 15) is 0 Å². The van der Waals surface area contributed by atoms with E-state index in [1.54, 1.807) is 11.1 Å². The Morgan fingerprint density at radius 1 is 0.500 bits per heavy atom. The molecule has 0 aliphatic carbocycles. The van der Waals surface area contributed by atoms with Gasteiger partial charge in [0.15, 0.2) is 0 Å². The van der Waals surface area contributed by atoms with E-state index >= 15 is 0 Å². The fraction of sp³-hybridized carbons (Fsp3) is 0.882. The molecule has 0 spiro atoms. The molecule has 10 aliphatic rings. The van der Waals surface area contributed by atoms with Gasteiger partial charge in [-0.3, -0.25) is 0 Å². The van der Waals surface area contributed by atoms with E-state index in [2.05, 4.69) is 59.7 Å². The zero-order valence-electron chi connectivity index (χ0n) is 22.7. The van der Waals surface area contributed by atoms with Gasteiger partial charge in [-0.05, 0) is 114 Å². The molecular formula is C34H68N4. The number of piperidine rings is 5. The predicted octanol–water partition coefficient (Wildman–Crippen LogP) is 7.69. The summed E-state index contributed by atoms with van der Waals surface area (Å²) in [5.74, 6) is 6.01. The molecule has 10 heterocycles. The lowest BCUT2D eigenvalue weighted by molar-refractivity contribution is 0.0603. The van der Waals surface area contributed by atoms with Crippen LogP contribution in [0.5, 0.6) is 0 Å². The molecule has 10 rings (SSSR count). The van der Waals surface area contributed by atoms with Crippen molar-refractivity contribution in [2.75, 3.05) is 65.4 Å². The summed E-state index contributed by atoms with van der Waals surface area (Å²) in [6.45, 7) is 22.8. The Bertz CT molecular complexity index is 727. The maximum atomic E-state index is 2.60. The molecule has 5 unspecified atom stereocenters. The van der Waals surface area contributed by atoms with Crippen molar-refractivity contribution in [3.8, 4) is 0 Å². The quantitative estimate of drug-likeness (QED) is 0.317. The third-order valence-electron chi connectivity index (χ3n) is 10.5. The number of hydrogen-bond donors (Lipinski definition) is 0. The van der Waals surface area contributed by atoms with E-state index < -0.39 is 0 Å². The first-order chi connectivity index (χ1) is 16.4. The molecule has 0 saturated carbocycles. The summed E-state index contributed by atoms with van der Waals surface area (Å²) in [6.07, 6.45) is 13.3. The van der Waals surface area contributed by atoms with Gasteiger partial charge in [-0.2, -0.15) is 0 Å². The molecule has 224 valence electrons. The lowest BCUT2D eigenvalue weighted by Crippen LogP contribution is -2.46. The molecule has 0 aromatic carbocycles. The zero-order valence-corrected chi connectivity index (χ0v) is 22.7. The first-order valence-corrected chi connectivity index (χ1v) is 14.7. The molecule has 4 nitrogen and oxygen atoms in total. The van der Waals surface area contributed by atoms with Crippen LogP contribution in [0.1, 0.15) is 95.9 Å². The lowest BCUT2D eigenvalue weighted by atomic mass is 9.80. The van der Waals surface area contributed by atoms with Gasteiger partial charge in [0.25, 0.3) is 0 Å². The van der Waals surface area contributed by atoms with E-state index in [-0.39, 0.29) is 29.7 Å². The van der Waals surface area contributed by atoms with Gasteiger partial charge in [0.05, 0.1) is 0 Å². The van der Waals surface area contributed by atoms with Crippen molar-refractivity contribution in [2.24, 2.45) is 35.5 Å². The van der Waals surface area contributed by atoms with Crippen molar-refractivity contribution >= 4 is 0 Å². The summed E-state index contributed by atoms with van der Waals surface area (Å²) in [5, 5.41) is 0. The second-order valence-electron chi connectivity index (χ2n) is 12.9. The largest absolute Gasteiger partial charge is 0.377 e. The average Bonchev–Trinajstić information content (AvgIpc) is 3.64. The van der Waals surface area contributed by atoms with Gasteiger partial charge >= 0.3 is 0 Å². The lowest BCUT2D eigenvalue weighted by Gasteiger charge is -2.43. The van der Waals surface area contributed by atoms with Crippen LogP contribution in [0.2, 0.25) is 0 Å². The maximum absolute atomic E-state index is 2.60. The Hall–Kier alpha value is -1.00. The van der Waals surface area contributed by atoms with Crippen molar-refractivity contribution in [3.63, 3.8) is 0 Å². The summed E-state index contributed by atoms with van der Waals surface area (Å²) in [7, 11) is 0. The smallest absolute Gasteiger partial charge is 0.0239 e. The molecule has 0 aromatic heterocycles. The molecule has 5 atom stereocenters. The Kier molecular flexibility index (Phi) is 14.5. The Morgan fingerprint density at radius 3 is 1.18 bits per heavy atom. The summed E-state index contributed by atoms with van der Waals surface area (Å²) in [6, 6.07) is 0. The van der Waals surface area contributed by atoms with Crippen molar-refractivity contribution in [1.29, 1.82) is 0 Å². The molecule has 0 amide bonds. The van der Waals surface area contributed by atoms with Gasteiger partial charge in [0.2, 0.25) is 0 Å². The minimum atomic E-state index is 0. The van der Waals surface area contributed by atoms with Crippen LogP contribution in [0.4, 0.5) is 0 Å². The molecule has 10 aliphatic heterocycles. The van der Waals surface area contributed by atoms with Crippen LogP contribution in [-0.4, -0.2) is 85.0 Å². The Labute approximate surface area is 239 Å². The normalized spacial score (nSPS) is 36.4. The van der Waals surface area contributed by atoms with Gasteiger partial charge < -0.3 is 19.6 Å². The first kappa shape index (κ1) is 35.0. The number of rotatable bonds is 0. The highest BCUT2D eigenvalue weighted by Crippen LogP contribution is 2.33. The molecule has 7 saturated heterocycles. The fourth-order valence-electron chi connectivity index (χ4n) is 7.86. The molecule has 8 bridgehead atoms. The molecule has 4 heteroatoms. The van der Waals surface area contributed by atoms with Gasteiger partial charge in [-0.15, -0.1) is 0 Å². The van der Waals surface area contributed by atoms with Gasteiger partial charge in [0, 0.05) is 51.7 Å². The Balaban J connectivity index is 0.000000245. The van der Waals surface area contributed by atoms with E-state index in [1.165, 1.54) is 104 Å². The van der Waals surface area contributed by atoms with Crippen molar-refractivity contribution < 1.29 is 0 Å². The van der Waals surface area contributed by atoms with Crippen LogP contribution in [0, 0.1) is 35.5 Å². The summed E-state index contributed by atoms with van der Waals surface area (Å²) >= 11 is 0. The molecule has 0 aromatic rings. The Morgan fingerprint density at radius 2 is 0.974 bits per heavy atom. The van der Waals surface area contributed by atoms with E-state index in [0.717, 1.165) is 35.5 Å². The van der Waals surface area contributed by atoms with Gasteiger partial charge in [-0.1, -0.05) is 54.7 Å². The third-order valence-corrected chi connectivity index (χ3v) is 10.5. The highest BCUT2D eigenvalue weighted by Gasteiger charge is 2.34. The summed E-state index contributed by atoms with van der Waals surface area (Å²) < 4.78 is 0. The van der Waals surface area contributed by atoms with Crippen LogP contribution in [0.15, 0.2) is 23.5 Å². The first-order valence-electron chi connectivity index (χ1n) is 14.7. The third kappa shape index (κ3) is 8.50. The van der Waals surface area contributed by atoms with Crippen molar-refractivity contribution in [3.05, 3.63) is 23.5 Å². The average molecular weight is 533 g/mol. The van der Waals surface area contributed by atoms with Crippen LogP contribution < -0.4 is 0 Å². The van der Waals surface area contributed by atoms with Crippen LogP contribution >= 0.6 is 0 Å². The summed E-state index contributed by atoms with van der Waals surface area (Å²) in [4.78, 5) is 10.0. The number of fused-ring (bicyclic) bond motifs is 9. The monoisotopic (exact) mass is 533 g/mol. The van der Waals surface area contributed by atoms with Crippen LogP contribution in [0.25, 0.3) is 0 Å². The minimum absolute atomic E-state index is 0. The minimum Gasteiger partial charge on any atom is -0.377 e. The van der Waals surface area contributed by atoms with E-state index in [0.29, 0.717) is 0 Å².